The molecule has 0 unspecified atom stereocenters. The highest BCUT2D eigenvalue weighted by Crippen LogP contribution is 2.10. The molecule has 0 amide bonds. The Bertz CT molecular complexity index is 654. The second-order valence-corrected chi connectivity index (χ2v) is 7.75. The van der Waals surface area contributed by atoms with E-state index in [1.165, 1.54) is 18.4 Å². The van der Waals surface area contributed by atoms with Crippen molar-refractivity contribution in [1.82, 2.24) is 10.6 Å². The van der Waals surface area contributed by atoms with Gasteiger partial charge in [0.25, 0.3) is 0 Å². The van der Waals surface area contributed by atoms with Gasteiger partial charge in [0, 0.05) is 26.4 Å². The molecule has 144 valence electrons. The van der Waals surface area contributed by atoms with Crippen molar-refractivity contribution in [3.8, 4) is 0 Å². The number of nitrogens with zero attached hydrogens (tertiary/aromatic N) is 1. The Labute approximate surface area is 166 Å². The topological polar surface area (TPSA) is 79.8 Å². The summed E-state index contributed by atoms with van der Waals surface area (Å²) in [6.45, 7) is 3.67. The molecule has 6 nitrogen and oxygen atoms in total. The van der Waals surface area contributed by atoms with Crippen molar-refractivity contribution in [2.75, 3.05) is 45.4 Å². The quantitative estimate of drug-likeness (QED) is 0.239. The summed E-state index contributed by atoms with van der Waals surface area (Å²) in [5, 5.41) is 6.25. The van der Waals surface area contributed by atoms with Gasteiger partial charge in [0.05, 0.1) is 19.0 Å². The van der Waals surface area contributed by atoms with E-state index in [1.54, 1.807) is 13.1 Å². The molecule has 1 rings (SSSR count). The van der Waals surface area contributed by atoms with Gasteiger partial charge in [-0.05, 0) is 36.6 Å². The molecule has 25 heavy (non-hydrogen) atoms. The Hall–Kier alpha value is -0.940. The molecule has 0 heterocycles. The molecular weight excluding hydrogens is 460 g/mol. The SMILES string of the molecule is CN=C(NCCOCCS(C)(=O)=O)NCCc1ccc(F)cc1C.I. The van der Waals surface area contributed by atoms with E-state index in [-0.39, 0.29) is 42.2 Å². The van der Waals surface area contributed by atoms with E-state index in [1.807, 2.05) is 6.92 Å². The van der Waals surface area contributed by atoms with Gasteiger partial charge >= 0.3 is 0 Å². The minimum Gasteiger partial charge on any atom is -0.379 e. The van der Waals surface area contributed by atoms with Crippen molar-refractivity contribution < 1.29 is 17.5 Å². The number of hydrogen-bond acceptors (Lipinski definition) is 4. The molecule has 0 radical (unpaired) electrons. The standard InChI is InChI=1S/C16H26FN3O3S.HI/c1-13-12-15(17)5-4-14(13)6-7-19-16(18-2)20-8-9-23-10-11-24(3,21)22;/h4-5,12H,6-11H2,1-3H3,(H2,18,19,20);1H. The molecule has 0 saturated heterocycles. The van der Waals surface area contributed by atoms with E-state index in [9.17, 15) is 12.8 Å². The summed E-state index contributed by atoms with van der Waals surface area (Å²) in [5.41, 5.74) is 2.02. The van der Waals surface area contributed by atoms with Crippen molar-refractivity contribution in [3.05, 3.63) is 35.1 Å². The summed E-state index contributed by atoms with van der Waals surface area (Å²) in [5.74, 6) is 0.441. The molecule has 2 N–H and O–H groups in total. The van der Waals surface area contributed by atoms with Crippen LogP contribution >= 0.6 is 24.0 Å². The first-order chi connectivity index (χ1) is 11.3. The normalized spacial score (nSPS) is 11.8. The fourth-order valence-corrected chi connectivity index (χ4v) is 2.45. The van der Waals surface area contributed by atoms with Crippen LogP contribution in [0.25, 0.3) is 0 Å². The smallest absolute Gasteiger partial charge is 0.191 e. The van der Waals surface area contributed by atoms with Crippen LogP contribution in [0.2, 0.25) is 0 Å². The molecule has 0 aliphatic carbocycles. The Balaban J connectivity index is 0.00000576. The molecule has 0 bridgehead atoms. The van der Waals surface area contributed by atoms with Crippen LogP contribution in [0.1, 0.15) is 11.1 Å². The average Bonchev–Trinajstić information content (AvgIpc) is 2.49. The molecule has 0 spiro atoms. The van der Waals surface area contributed by atoms with Gasteiger partial charge in [-0.25, -0.2) is 12.8 Å². The molecule has 1 aromatic rings. The van der Waals surface area contributed by atoms with Crippen molar-refractivity contribution in [1.29, 1.82) is 0 Å². The minimum atomic E-state index is -2.98. The summed E-state index contributed by atoms with van der Waals surface area (Å²) in [4.78, 5) is 4.10. The van der Waals surface area contributed by atoms with E-state index in [2.05, 4.69) is 15.6 Å². The van der Waals surface area contributed by atoms with Crippen LogP contribution in [0.4, 0.5) is 4.39 Å². The number of hydrogen-bond donors (Lipinski definition) is 2. The molecule has 0 atom stereocenters. The molecule has 0 aliphatic heterocycles. The number of sulfone groups is 1. The molecule has 0 fully saturated rings. The Morgan fingerprint density at radius 2 is 1.92 bits per heavy atom. The lowest BCUT2D eigenvalue weighted by molar-refractivity contribution is 0.154. The van der Waals surface area contributed by atoms with Crippen molar-refractivity contribution >= 4 is 39.8 Å². The van der Waals surface area contributed by atoms with Crippen molar-refractivity contribution in [2.24, 2.45) is 4.99 Å². The molecule has 0 aromatic heterocycles. The highest BCUT2D eigenvalue weighted by atomic mass is 127. The van der Waals surface area contributed by atoms with Crippen LogP contribution in [0.5, 0.6) is 0 Å². The first-order valence-corrected chi connectivity index (χ1v) is 9.83. The Kier molecular flexibility index (Phi) is 12.0. The van der Waals surface area contributed by atoms with Crippen LogP contribution in [0, 0.1) is 12.7 Å². The second-order valence-electron chi connectivity index (χ2n) is 5.49. The zero-order valence-electron chi connectivity index (χ0n) is 14.8. The lowest BCUT2D eigenvalue weighted by Crippen LogP contribution is -2.40. The zero-order valence-corrected chi connectivity index (χ0v) is 18.0. The maximum atomic E-state index is 13.1. The highest BCUT2D eigenvalue weighted by molar-refractivity contribution is 14.0. The maximum Gasteiger partial charge on any atom is 0.191 e. The van der Waals surface area contributed by atoms with E-state index in [0.29, 0.717) is 25.7 Å². The summed E-state index contributed by atoms with van der Waals surface area (Å²) in [7, 11) is -1.31. The molecule has 1 aromatic carbocycles. The fourth-order valence-electron chi connectivity index (χ4n) is 2.03. The third kappa shape index (κ3) is 11.3. The van der Waals surface area contributed by atoms with Crippen LogP contribution < -0.4 is 10.6 Å². The first-order valence-electron chi connectivity index (χ1n) is 7.77. The van der Waals surface area contributed by atoms with Gasteiger partial charge in [-0.15, -0.1) is 24.0 Å². The van der Waals surface area contributed by atoms with Crippen molar-refractivity contribution in [2.45, 2.75) is 13.3 Å². The third-order valence-electron chi connectivity index (χ3n) is 3.35. The summed E-state index contributed by atoms with van der Waals surface area (Å²) >= 11 is 0. The van der Waals surface area contributed by atoms with Crippen LogP contribution in [-0.2, 0) is 21.0 Å². The number of guanidine groups is 1. The minimum absolute atomic E-state index is 0. The molecule has 0 saturated carbocycles. The number of aliphatic imine (C=N–C) groups is 1. The van der Waals surface area contributed by atoms with Crippen LogP contribution in [-0.4, -0.2) is 59.7 Å². The second kappa shape index (κ2) is 12.4. The number of nitrogens with one attached hydrogen (secondary N) is 2. The average molecular weight is 487 g/mol. The van der Waals surface area contributed by atoms with Crippen LogP contribution in [0.15, 0.2) is 23.2 Å². The fraction of sp³-hybridized carbons (Fsp3) is 0.562. The van der Waals surface area contributed by atoms with Gasteiger partial charge in [0.2, 0.25) is 0 Å². The predicted molar refractivity (Wildman–Crippen MR) is 110 cm³/mol. The summed E-state index contributed by atoms with van der Waals surface area (Å²) < 4.78 is 40.2. The number of aryl methyl sites for hydroxylation is 1. The van der Waals surface area contributed by atoms with E-state index in [0.717, 1.165) is 17.5 Å². The highest BCUT2D eigenvalue weighted by Gasteiger charge is 2.03. The molecule has 0 aliphatic rings. The van der Waals surface area contributed by atoms with Gasteiger partial charge < -0.3 is 15.4 Å². The van der Waals surface area contributed by atoms with Crippen molar-refractivity contribution in [3.63, 3.8) is 0 Å². The first kappa shape index (κ1) is 24.1. The maximum absolute atomic E-state index is 13.1. The predicted octanol–water partition coefficient (Wildman–Crippen LogP) is 1.52. The van der Waals surface area contributed by atoms with E-state index >= 15 is 0 Å². The largest absolute Gasteiger partial charge is 0.379 e. The van der Waals surface area contributed by atoms with Gasteiger partial charge in [-0.3, -0.25) is 4.99 Å². The van der Waals surface area contributed by atoms with Gasteiger partial charge in [-0.2, -0.15) is 0 Å². The molecule has 9 heteroatoms. The number of ether oxygens (including phenoxy) is 1. The lowest BCUT2D eigenvalue weighted by atomic mass is 10.1. The van der Waals surface area contributed by atoms with Gasteiger partial charge in [-0.1, -0.05) is 6.07 Å². The summed E-state index contributed by atoms with van der Waals surface area (Å²) in [6, 6.07) is 4.78. The number of halogens is 2. The lowest BCUT2D eigenvalue weighted by Gasteiger charge is -2.13. The van der Waals surface area contributed by atoms with Gasteiger partial charge in [0.15, 0.2) is 5.96 Å². The van der Waals surface area contributed by atoms with E-state index in [4.69, 9.17) is 4.74 Å². The third-order valence-corrected chi connectivity index (χ3v) is 4.26. The number of benzene rings is 1. The number of rotatable bonds is 9. The Morgan fingerprint density at radius 3 is 2.52 bits per heavy atom. The summed E-state index contributed by atoms with van der Waals surface area (Å²) in [6.07, 6.45) is 1.95. The molecular formula is C16H27FIN3O3S. The van der Waals surface area contributed by atoms with Gasteiger partial charge in [0.1, 0.15) is 15.7 Å². The monoisotopic (exact) mass is 487 g/mol. The Morgan fingerprint density at radius 1 is 1.24 bits per heavy atom. The zero-order chi connectivity index (χ0) is 18.0. The van der Waals surface area contributed by atoms with E-state index < -0.39 is 9.84 Å². The van der Waals surface area contributed by atoms with Crippen LogP contribution in [0.3, 0.4) is 0 Å².